The fourth-order valence-corrected chi connectivity index (χ4v) is 3.21. The Labute approximate surface area is 212 Å². The van der Waals surface area contributed by atoms with E-state index in [4.69, 9.17) is 15.3 Å². The number of imide groups is 1. The number of nitrogens with one attached hydrogen (secondary N) is 1. The minimum absolute atomic E-state index is 0.0633. The van der Waals surface area contributed by atoms with Gasteiger partial charge < -0.3 is 20.6 Å². The summed E-state index contributed by atoms with van der Waals surface area (Å²) in [6.45, 7) is 8.54. The summed E-state index contributed by atoms with van der Waals surface area (Å²) in [4.78, 5) is 47.9. The van der Waals surface area contributed by atoms with Crippen LogP contribution in [0.25, 0.3) is 5.57 Å². The fourth-order valence-electron chi connectivity index (χ4n) is 2.91. The van der Waals surface area contributed by atoms with Crippen LogP contribution in [0.3, 0.4) is 0 Å². The molecule has 1 heterocycles. The standard InChI is InChI=1S/C20H24N2O5S.C4H10O.CH4O/c1-12(2)13-3-5-14(6-4-13)15(10-19(25)26)9-17(23)21-7-8-22-18(24)11-16(28)20(22)27;1-4(2)3-5;1-2/h3-6,10,12,16,28H,7-9,11H2,1-2H3,(H,21,23)(H,25,26);4-5H,3H2,1-2H3;2H,1H3/b15-10+;;. The van der Waals surface area contributed by atoms with Gasteiger partial charge in [0.25, 0.3) is 0 Å². The predicted octanol–water partition coefficient (Wildman–Crippen LogP) is 2.08. The molecule has 1 aliphatic heterocycles. The third-order valence-electron chi connectivity index (χ3n) is 4.84. The van der Waals surface area contributed by atoms with E-state index in [2.05, 4.69) is 31.8 Å². The predicted molar refractivity (Wildman–Crippen MR) is 138 cm³/mol. The lowest BCUT2D eigenvalue weighted by molar-refractivity contribution is -0.138. The highest BCUT2D eigenvalue weighted by atomic mass is 32.1. The average molecular weight is 511 g/mol. The molecule has 0 radical (unpaired) electrons. The molecule has 1 saturated heterocycles. The molecule has 1 fully saturated rings. The maximum Gasteiger partial charge on any atom is 0.328 e. The van der Waals surface area contributed by atoms with Crippen molar-refractivity contribution in [2.24, 2.45) is 5.92 Å². The Hall–Kier alpha value is -2.69. The van der Waals surface area contributed by atoms with E-state index in [-0.39, 0.29) is 43.7 Å². The minimum Gasteiger partial charge on any atom is -0.478 e. The van der Waals surface area contributed by atoms with Gasteiger partial charge in [-0.25, -0.2) is 4.79 Å². The van der Waals surface area contributed by atoms with E-state index in [1.54, 1.807) is 12.1 Å². The third-order valence-corrected chi connectivity index (χ3v) is 5.24. The van der Waals surface area contributed by atoms with E-state index in [0.717, 1.165) is 23.6 Å². The largest absolute Gasteiger partial charge is 0.478 e. The van der Waals surface area contributed by atoms with Crippen LogP contribution in [0.5, 0.6) is 0 Å². The van der Waals surface area contributed by atoms with Gasteiger partial charge in [-0.1, -0.05) is 52.0 Å². The molecular formula is C25H38N2O7S. The van der Waals surface area contributed by atoms with E-state index in [0.29, 0.717) is 29.6 Å². The number of hydrogen-bond donors (Lipinski definition) is 5. The Balaban J connectivity index is 0.00000146. The summed E-state index contributed by atoms with van der Waals surface area (Å²) in [5.41, 5.74) is 2.15. The van der Waals surface area contributed by atoms with Gasteiger partial charge in [-0.15, -0.1) is 0 Å². The minimum atomic E-state index is -1.14. The van der Waals surface area contributed by atoms with E-state index in [9.17, 15) is 19.2 Å². The van der Waals surface area contributed by atoms with Crippen LogP contribution in [0.4, 0.5) is 0 Å². The molecule has 10 heteroatoms. The number of benzene rings is 1. The van der Waals surface area contributed by atoms with Gasteiger partial charge in [-0.2, -0.15) is 12.6 Å². The van der Waals surface area contributed by atoms with Gasteiger partial charge in [-0.05, 0) is 28.5 Å². The molecule has 2 rings (SSSR count). The number of aliphatic hydroxyl groups is 2. The summed E-state index contributed by atoms with van der Waals surface area (Å²) in [6, 6.07) is 7.41. The zero-order valence-corrected chi connectivity index (χ0v) is 21.9. The van der Waals surface area contributed by atoms with Crippen molar-refractivity contribution >= 4 is 41.9 Å². The van der Waals surface area contributed by atoms with E-state index >= 15 is 0 Å². The first kappa shape index (κ1) is 32.3. The second kappa shape index (κ2) is 16.9. The van der Waals surface area contributed by atoms with Gasteiger partial charge in [0.2, 0.25) is 17.7 Å². The van der Waals surface area contributed by atoms with Crippen LogP contribution in [-0.2, 0) is 19.2 Å². The van der Waals surface area contributed by atoms with Gasteiger partial charge in [-0.3, -0.25) is 19.3 Å². The Morgan fingerprint density at radius 2 is 1.69 bits per heavy atom. The third kappa shape index (κ3) is 12.0. The molecule has 0 aromatic heterocycles. The molecule has 0 aliphatic carbocycles. The Morgan fingerprint density at radius 1 is 1.14 bits per heavy atom. The van der Waals surface area contributed by atoms with Crippen molar-refractivity contribution in [2.75, 3.05) is 26.8 Å². The average Bonchev–Trinajstić information content (AvgIpc) is 3.06. The highest BCUT2D eigenvalue weighted by Gasteiger charge is 2.35. The topological polar surface area (TPSA) is 144 Å². The lowest BCUT2D eigenvalue weighted by Gasteiger charge is -2.15. The Kier molecular flexibility index (Phi) is 15.6. The summed E-state index contributed by atoms with van der Waals surface area (Å²) in [7, 11) is 1.00. The summed E-state index contributed by atoms with van der Waals surface area (Å²) in [5.74, 6) is -1.41. The van der Waals surface area contributed by atoms with E-state index in [1.165, 1.54) is 0 Å². The molecule has 4 N–H and O–H groups in total. The molecule has 1 aromatic carbocycles. The maximum absolute atomic E-state index is 12.2. The summed E-state index contributed by atoms with van der Waals surface area (Å²) in [6.07, 6.45) is 0.959. The molecule has 3 amide bonds. The SMILES string of the molecule is CC(C)CO.CC(C)c1ccc(/C(=C/C(=O)O)CC(=O)NCCN2C(=O)CC(S)C2=O)cc1.CO. The zero-order valence-electron chi connectivity index (χ0n) is 21.0. The van der Waals surface area contributed by atoms with Crippen LogP contribution in [0.1, 0.15) is 57.6 Å². The van der Waals surface area contributed by atoms with Crippen molar-refractivity contribution in [2.45, 2.75) is 51.7 Å². The number of carboxylic acid groups (broad SMARTS) is 1. The second-order valence-electron chi connectivity index (χ2n) is 8.49. The van der Waals surface area contributed by atoms with Gasteiger partial charge in [0.1, 0.15) is 0 Å². The van der Waals surface area contributed by atoms with Crippen LogP contribution in [-0.4, -0.2) is 76.0 Å². The van der Waals surface area contributed by atoms with Crippen LogP contribution in [0.2, 0.25) is 0 Å². The number of nitrogens with zero attached hydrogens (tertiary/aromatic N) is 1. The number of aliphatic hydroxyl groups excluding tert-OH is 2. The first-order chi connectivity index (χ1) is 16.5. The van der Waals surface area contributed by atoms with E-state index in [1.807, 2.05) is 26.0 Å². The molecule has 0 bridgehead atoms. The summed E-state index contributed by atoms with van der Waals surface area (Å²) < 4.78 is 0. The van der Waals surface area contributed by atoms with Crippen molar-refractivity contribution in [3.8, 4) is 0 Å². The van der Waals surface area contributed by atoms with Gasteiger partial charge in [0.05, 0.1) is 11.7 Å². The molecule has 0 saturated carbocycles. The van der Waals surface area contributed by atoms with Crippen molar-refractivity contribution < 1.29 is 34.5 Å². The van der Waals surface area contributed by atoms with Crippen LogP contribution >= 0.6 is 12.6 Å². The van der Waals surface area contributed by atoms with Crippen LogP contribution in [0.15, 0.2) is 30.3 Å². The number of hydrogen-bond acceptors (Lipinski definition) is 7. The molecule has 9 nitrogen and oxygen atoms in total. The number of likely N-dealkylation sites (tertiary alicyclic amines) is 1. The van der Waals surface area contributed by atoms with E-state index < -0.39 is 11.2 Å². The van der Waals surface area contributed by atoms with Gasteiger partial charge in [0, 0.05) is 39.3 Å². The maximum atomic E-state index is 12.2. The molecule has 35 heavy (non-hydrogen) atoms. The van der Waals surface area contributed by atoms with Crippen molar-refractivity contribution in [1.82, 2.24) is 10.2 Å². The Bertz CT molecular complexity index is 867. The number of rotatable bonds is 9. The number of amides is 3. The molecule has 0 spiro atoms. The fraction of sp³-hybridized carbons (Fsp3) is 0.520. The lowest BCUT2D eigenvalue weighted by atomic mass is 9.97. The van der Waals surface area contributed by atoms with Gasteiger partial charge >= 0.3 is 5.97 Å². The smallest absolute Gasteiger partial charge is 0.328 e. The molecule has 1 atom stereocenters. The van der Waals surface area contributed by atoms with Crippen molar-refractivity contribution in [3.05, 3.63) is 41.5 Å². The quantitative estimate of drug-likeness (QED) is 0.194. The van der Waals surface area contributed by atoms with Crippen LogP contribution < -0.4 is 5.32 Å². The summed E-state index contributed by atoms with van der Waals surface area (Å²) in [5, 5.41) is 26.3. The normalized spacial score (nSPS) is 15.4. The van der Waals surface area contributed by atoms with Crippen LogP contribution in [0, 0.1) is 5.92 Å². The highest BCUT2D eigenvalue weighted by Crippen LogP contribution is 2.22. The molecular weight excluding hydrogens is 472 g/mol. The number of carboxylic acids is 1. The molecule has 1 aliphatic rings. The van der Waals surface area contributed by atoms with Crippen molar-refractivity contribution in [3.63, 3.8) is 0 Å². The number of carbonyl (C=O) groups excluding carboxylic acids is 3. The summed E-state index contributed by atoms with van der Waals surface area (Å²) >= 11 is 4.04. The lowest BCUT2D eigenvalue weighted by Crippen LogP contribution is -2.38. The first-order valence-corrected chi connectivity index (χ1v) is 11.9. The molecule has 1 aromatic rings. The zero-order chi connectivity index (χ0) is 27.1. The molecule has 1 unspecified atom stereocenters. The monoisotopic (exact) mass is 510 g/mol. The number of thiol groups is 1. The number of aliphatic carboxylic acids is 1. The second-order valence-corrected chi connectivity index (χ2v) is 9.11. The Morgan fingerprint density at radius 3 is 2.09 bits per heavy atom. The molecule has 196 valence electrons. The number of carbonyl (C=O) groups is 4. The van der Waals surface area contributed by atoms with Gasteiger partial charge in [0.15, 0.2) is 0 Å². The van der Waals surface area contributed by atoms with Crippen molar-refractivity contribution in [1.29, 1.82) is 0 Å². The first-order valence-electron chi connectivity index (χ1n) is 11.3. The highest BCUT2D eigenvalue weighted by molar-refractivity contribution is 7.81.